The molecule has 15 heteroatoms. The van der Waals surface area contributed by atoms with E-state index in [9.17, 15) is 19.2 Å². The molecule has 240 valence electrons. The Morgan fingerprint density at radius 1 is 1.11 bits per heavy atom. The molecule has 2 atom stereocenters. The molecule has 47 heavy (non-hydrogen) atoms. The Morgan fingerprint density at radius 2 is 1.79 bits per heavy atom. The Morgan fingerprint density at radius 3 is 2.36 bits per heavy atom. The normalized spacial score (nSPS) is 17.6. The predicted molar refractivity (Wildman–Crippen MR) is 179 cm³/mol. The summed E-state index contributed by atoms with van der Waals surface area (Å²) in [7, 11) is 1.29. The van der Waals surface area contributed by atoms with Crippen molar-refractivity contribution < 1.29 is 28.8 Å². The Balaban J connectivity index is 1.31. The van der Waals surface area contributed by atoms with Gasteiger partial charge in [0, 0.05) is 35.6 Å². The Labute approximate surface area is 281 Å². The van der Waals surface area contributed by atoms with Gasteiger partial charge in [-0.25, -0.2) is 14.8 Å². The highest BCUT2D eigenvalue weighted by atomic mass is 32.2. The maximum absolute atomic E-state index is 14.2. The lowest BCUT2D eigenvalue weighted by molar-refractivity contribution is -0.154. The molecule has 4 aromatic rings. The van der Waals surface area contributed by atoms with Crippen LogP contribution in [-0.4, -0.2) is 68.4 Å². The summed E-state index contributed by atoms with van der Waals surface area (Å²) in [4.78, 5) is 68.5. The summed E-state index contributed by atoms with van der Waals surface area (Å²) in [5, 5.41) is 8.11. The SMILES string of the molecule is CO/N=C(\C(=O)NC1C(=O)N2C(C(=O)OC(c3ccccc3)c3ccccc3)=C(Cc3cnc(C(C)=O)s3)CSC12)c1csc(N)n1. The molecule has 0 bridgehead atoms. The number of thiazole rings is 2. The molecule has 0 saturated carbocycles. The summed E-state index contributed by atoms with van der Waals surface area (Å²) in [6, 6.07) is 17.7. The number of aromatic nitrogens is 2. The summed E-state index contributed by atoms with van der Waals surface area (Å²) in [5.74, 6) is -1.64. The fourth-order valence-electron chi connectivity index (χ4n) is 5.22. The van der Waals surface area contributed by atoms with Crippen molar-refractivity contribution in [3.8, 4) is 0 Å². The number of nitrogens with one attached hydrogen (secondary N) is 1. The average Bonchev–Trinajstić information content (AvgIpc) is 3.74. The molecule has 2 amide bonds. The number of carbonyl (C=O) groups excluding carboxylic acids is 4. The van der Waals surface area contributed by atoms with Crippen LogP contribution in [0.3, 0.4) is 0 Å². The lowest BCUT2D eigenvalue weighted by Gasteiger charge is -2.49. The van der Waals surface area contributed by atoms with Crippen LogP contribution >= 0.6 is 34.4 Å². The minimum absolute atomic E-state index is 0.108. The van der Waals surface area contributed by atoms with Crippen LogP contribution in [0.4, 0.5) is 5.13 Å². The Bertz CT molecular complexity index is 1850. The molecule has 6 rings (SSSR count). The van der Waals surface area contributed by atoms with Gasteiger partial charge in [-0.3, -0.25) is 19.3 Å². The van der Waals surface area contributed by atoms with Crippen molar-refractivity contribution in [2.75, 3.05) is 18.6 Å². The molecule has 1 fully saturated rings. The molecule has 4 heterocycles. The van der Waals surface area contributed by atoms with E-state index in [0.717, 1.165) is 27.3 Å². The number of esters is 1. The average molecular weight is 689 g/mol. The third-order valence-corrected chi connectivity index (χ3v) is 10.5. The molecule has 2 aromatic heterocycles. The van der Waals surface area contributed by atoms with Crippen LogP contribution in [0.15, 0.2) is 88.7 Å². The van der Waals surface area contributed by atoms with Gasteiger partial charge in [0.2, 0.25) is 0 Å². The van der Waals surface area contributed by atoms with Crippen molar-refractivity contribution in [1.29, 1.82) is 0 Å². The fourth-order valence-corrected chi connectivity index (χ4v) is 7.96. The highest BCUT2D eigenvalue weighted by molar-refractivity contribution is 8.00. The number of Topliss-reactive ketones (excluding diaryl/α,β-unsaturated/α-hetero) is 1. The number of amides is 2. The smallest absolute Gasteiger partial charge is 0.356 e. The second-order valence-electron chi connectivity index (χ2n) is 10.5. The Kier molecular flexibility index (Phi) is 9.47. The number of hydrogen-bond acceptors (Lipinski definition) is 13. The number of benzene rings is 2. The number of thioether (sulfide) groups is 1. The third-order valence-electron chi connectivity index (χ3n) is 7.36. The third kappa shape index (κ3) is 6.68. The minimum atomic E-state index is -0.957. The molecule has 2 unspecified atom stereocenters. The summed E-state index contributed by atoms with van der Waals surface area (Å²) in [6.07, 6.45) is 1.14. The summed E-state index contributed by atoms with van der Waals surface area (Å²) < 4.78 is 6.21. The quantitative estimate of drug-likeness (QED) is 0.0774. The monoisotopic (exact) mass is 688 g/mol. The van der Waals surface area contributed by atoms with Gasteiger partial charge in [-0.05, 0) is 16.7 Å². The van der Waals surface area contributed by atoms with Crippen molar-refractivity contribution in [2.45, 2.75) is 30.9 Å². The zero-order chi connectivity index (χ0) is 33.1. The lowest BCUT2D eigenvalue weighted by atomic mass is 9.99. The molecule has 3 N–H and O–H groups in total. The molecule has 2 aliphatic rings. The largest absolute Gasteiger partial charge is 0.448 e. The lowest BCUT2D eigenvalue weighted by Crippen LogP contribution is -2.71. The van der Waals surface area contributed by atoms with E-state index in [0.29, 0.717) is 16.3 Å². The van der Waals surface area contributed by atoms with E-state index in [2.05, 4.69) is 20.4 Å². The number of carbonyl (C=O) groups is 4. The summed E-state index contributed by atoms with van der Waals surface area (Å²) >= 11 is 3.77. The zero-order valence-corrected chi connectivity index (χ0v) is 27.6. The maximum Gasteiger partial charge on any atom is 0.356 e. The van der Waals surface area contributed by atoms with E-state index in [1.54, 1.807) is 11.6 Å². The molecule has 1 saturated heterocycles. The van der Waals surface area contributed by atoms with E-state index in [1.807, 2.05) is 60.7 Å². The molecule has 12 nitrogen and oxygen atoms in total. The maximum atomic E-state index is 14.2. The number of rotatable bonds is 11. The van der Waals surface area contributed by atoms with E-state index >= 15 is 0 Å². The van der Waals surface area contributed by atoms with Gasteiger partial charge in [0.15, 0.2) is 27.7 Å². The van der Waals surface area contributed by atoms with Crippen LogP contribution < -0.4 is 11.1 Å². The van der Waals surface area contributed by atoms with Gasteiger partial charge in [0.05, 0.1) is 0 Å². The number of β-lactam (4-membered cyclic amide) rings is 1. The number of ether oxygens (including phenoxy) is 1. The van der Waals surface area contributed by atoms with E-state index in [1.165, 1.54) is 42.0 Å². The zero-order valence-electron chi connectivity index (χ0n) is 25.1. The van der Waals surface area contributed by atoms with Crippen molar-refractivity contribution in [3.05, 3.63) is 110 Å². The van der Waals surface area contributed by atoms with Gasteiger partial charge in [0.25, 0.3) is 11.8 Å². The number of oxime groups is 1. The van der Waals surface area contributed by atoms with E-state index in [-0.39, 0.29) is 34.4 Å². The standard InChI is InChI=1S/C32H28N6O6S3/c1-17(39)28-34-14-21(47-28)13-20-15-45-30-24(36-27(40)23(37-43-2)22-16-46-32(33)35-22)29(41)38(30)25(20)31(42)44-26(18-9-5-3-6-10-18)19-11-7-4-8-12-19/h3-12,14,16,24,26,30H,13,15H2,1-2H3,(H2,33,35)(H,36,40)/b37-23-. The second-order valence-corrected chi connectivity index (χ2v) is 13.6. The molecule has 2 aliphatic heterocycles. The Hall–Kier alpha value is -4.86. The van der Waals surface area contributed by atoms with Crippen molar-refractivity contribution in [3.63, 3.8) is 0 Å². The molecule has 0 spiro atoms. The summed E-state index contributed by atoms with van der Waals surface area (Å²) in [6.45, 7) is 1.44. The van der Waals surface area contributed by atoms with Gasteiger partial charge in [-0.15, -0.1) is 34.4 Å². The highest BCUT2D eigenvalue weighted by Gasteiger charge is 2.55. The van der Waals surface area contributed by atoms with Gasteiger partial charge < -0.3 is 20.6 Å². The fraction of sp³-hybridized carbons (Fsp3) is 0.219. The first-order valence-electron chi connectivity index (χ1n) is 14.3. The van der Waals surface area contributed by atoms with Crippen LogP contribution in [0.25, 0.3) is 0 Å². The molecule has 0 aliphatic carbocycles. The van der Waals surface area contributed by atoms with Crippen LogP contribution in [-0.2, 0) is 30.4 Å². The number of fused-ring (bicyclic) bond motifs is 1. The first kappa shape index (κ1) is 32.1. The van der Waals surface area contributed by atoms with Crippen LogP contribution in [0.5, 0.6) is 0 Å². The van der Waals surface area contributed by atoms with Crippen LogP contribution in [0.1, 0.15) is 44.5 Å². The van der Waals surface area contributed by atoms with Gasteiger partial charge in [0.1, 0.15) is 29.9 Å². The first-order chi connectivity index (χ1) is 22.7. The molecule has 0 radical (unpaired) electrons. The number of anilines is 1. The summed E-state index contributed by atoms with van der Waals surface area (Å²) in [5.41, 5.74) is 8.09. The predicted octanol–water partition coefficient (Wildman–Crippen LogP) is 3.96. The van der Waals surface area contributed by atoms with E-state index < -0.39 is 35.3 Å². The van der Waals surface area contributed by atoms with Crippen LogP contribution in [0, 0.1) is 0 Å². The van der Waals surface area contributed by atoms with Gasteiger partial charge in [-0.2, -0.15) is 0 Å². The van der Waals surface area contributed by atoms with Crippen molar-refractivity contribution >= 4 is 68.8 Å². The van der Waals surface area contributed by atoms with Gasteiger partial charge in [-0.1, -0.05) is 65.8 Å². The number of nitrogens with two attached hydrogens (primary N) is 1. The van der Waals surface area contributed by atoms with Crippen LogP contribution in [0.2, 0.25) is 0 Å². The molecular weight excluding hydrogens is 661 g/mol. The number of nitrogens with zero attached hydrogens (tertiary/aromatic N) is 4. The van der Waals surface area contributed by atoms with Crippen molar-refractivity contribution in [2.24, 2.45) is 5.16 Å². The van der Waals surface area contributed by atoms with Gasteiger partial charge >= 0.3 is 5.97 Å². The molecular formula is C32H28N6O6S3. The second kappa shape index (κ2) is 13.9. The number of ketones is 1. The first-order valence-corrected chi connectivity index (χ1v) is 17.1. The minimum Gasteiger partial charge on any atom is -0.448 e. The van der Waals surface area contributed by atoms with E-state index in [4.69, 9.17) is 15.3 Å². The topological polar surface area (TPSA) is 166 Å². The highest BCUT2D eigenvalue weighted by Crippen LogP contribution is 2.42. The molecule has 2 aromatic carbocycles. The number of nitrogen functional groups attached to an aromatic ring is 1. The van der Waals surface area contributed by atoms with Crippen molar-refractivity contribution in [1.82, 2.24) is 20.2 Å². The number of hydrogen-bond donors (Lipinski definition) is 2.